The number of aliphatic hydroxyl groups excluding tert-OH is 1. The zero-order valence-electron chi connectivity index (χ0n) is 20.1. The number of hydrogen-bond donors (Lipinski definition) is 8. The zero-order chi connectivity index (χ0) is 27.5. The number of carbonyl (C=O) groups excluding carboxylic acids is 3. The summed E-state index contributed by atoms with van der Waals surface area (Å²) in [6, 6.07) is 1.90. The highest BCUT2D eigenvalue weighted by Gasteiger charge is 2.31. The number of carbonyl (C=O) groups is 5. The van der Waals surface area contributed by atoms with Crippen molar-refractivity contribution < 1.29 is 39.3 Å². The molecule has 0 bridgehead atoms. The number of benzene rings is 1. The van der Waals surface area contributed by atoms with Crippen LogP contribution in [0.1, 0.15) is 18.4 Å². The lowest BCUT2D eigenvalue weighted by atomic mass is 10.0. The van der Waals surface area contributed by atoms with Crippen molar-refractivity contribution in [1.29, 1.82) is 0 Å². The third-order valence-corrected chi connectivity index (χ3v) is 6.15. The molecule has 1 aromatic heterocycles. The molecule has 1 aromatic carbocycles. The van der Waals surface area contributed by atoms with Crippen LogP contribution in [-0.4, -0.2) is 92.7 Å². The van der Waals surface area contributed by atoms with Crippen molar-refractivity contribution in [3.63, 3.8) is 0 Å². The molecule has 13 nitrogen and oxygen atoms in total. The van der Waals surface area contributed by atoms with Crippen molar-refractivity contribution in [2.45, 2.75) is 43.4 Å². The number of rotatable bonds is 15. The second kappa shape index (κ2) is 14.2. The Labute approximate surface area is 216 Å². The molecule has 2 aromatic rings. The number of amides is 3. The van der Waals surface area contributed by atoms with Gasteiger partial charge in [0.2, 0.25) is 17.7 Å². The molecule has 0 aliphatic carbocycles. The molecule has 0 spiro atoms. The Bertz CT molecular complexity index is 1120. The maximum Gasteiger partial charge on any atom is 0.328 e. The van der Waals surface area contributed by atoms with Gasteiger partial charge in [0.25, 0.3) is 0 Å². The Morgan fingerprint density at radius 1 is 0.973 bits per heavy atom. The van der Waals surface area contributed by atoms with Gasteiger partial charge in [-0.1, -0.05) is 18.2 Å². The van der Waals surface area contributed by atoms with Crippen LogP contribution in [0.2, 0.25) is 0 Å². The smallest absolute Gasteiger partial charge is 0.328 e. The predicted octanol–water partition coefficient (Wildman–Crippen LogP) is -1.20. The summed E-state index contributed by atoms with van der Waals surface area (Å²) in [6.07, 6.45) is 2.96. The molecular formula is C23H31N5O8S. The van der Waals surface area contributed by atoms with E-state index in [1.54, 1.807) is 18.5 Å². The number of fused-ring (bicyclic) bond motifs is 1. The fourth-order valence-corrected chi connectivity index (χ4v) is 4.00. The van der Waals surface area contributed by atoms with Crippen molar-refractivity contribution in [1.82, 2.24) is 20.9 Å². The maximum absolute atomic E-state index is 13.2. The van der Waals surface area contributed by atoms with Crippen molar-refractivity contribution in [2.75, 3.05) is 18.6 Å². The molecule has 37 heavy (non-hydrogen) atoms. The van der Waals surface area contributed by atoms with E-state index in [0.717, 1.165) is 10.9 Å². The highest BCUT2D eigenvalue weighted by Crippen LogP contribution is 2.19. The molecule has 0 aliphatic heterocycles. The number of nitrogens with one attached hydrogen (secondary N) is 4. The van der Waals surface area contributed by atoms with Gasteiger partial charge in [-0.25, -0.2) is 4.79 Å². The summed E-state index contributed by atoms with van der Waals surface area (Å²) in [6.45, 7) is -0.858. The fraction of sp³-hybridized carbons (Fsp3) is 0.435. The summed E-state index contributed by atoms with van der Waals surface area (Å²) >= 11 is 1.41. The number of carboxylic acid groups (broad SMARTS) is 2. The molecule has 0 radical (unpaired) electrons. The van der Waals surface area contributed by atoms with E-state index in [1.807, 2.05) is 18.2 Å². The molecule has 2 rings (SSSR count). The first-order valence-corrected chi connectivity index (χ1v) is 12.7. The number of nitrogens with two attached hydrogens (primary N) is 1. The largest absolute Gasteiger partial charge is 0.481 e. The minimum Gasteiger partial charge on any atom is -0.481 e. The Balaban J connectivity index is 2.28. The second-order valence-electron chi connectivity index (χ2n) is 8.25. The van der Waals surface area contributed by atoms with E-state index in [2.05, 4.69) is 20.9 Å². The molecule has 0 aliphatic rings. The van der Waals surface area contributed by atoms with Gasteiger partial charge in [0.1, 0.15) is 18.1 Å². The Kier molecular flexibility index (Phi) is 11.4. The van der Waals surface area contributed by atoms with Gasteiger partial charge in [-0.3, -0.25) is 19.2 Å². The number of hydrogen-bond acceptors (Lipinski definition) is 8. The lowest BCUT2D eigenvalue weighted by Gasteiger charge is -2.25. The van der Waals surface area contributed by atoms with E-state index >= 15 is 0 Å². The standard InChI is InChI=1S/C23H31N5O8S/c1-37-7-6-16(26-20(32)14(24)9-19(30)31)21(33)27-17(22(34)28-18(11-29)23(35)36)8-12-10-25-15-5-3-2-4-13(12)15/h2-5,10,14,16-18,25,29H,6-9,11,24H2,1H3,(H,26,32)(H,27,33)(H,28,34)(H,30,31)(H,35,36). The first kappa shape index (κ1) is 29.6. The number of H-pyrrole nitrogens is 1. The summed E-state index contributed by atoms with van der Waals surface area (Å²) in [5.41, 5.74) is 7.07. The summed E-state index contributed by atoms with van der Waals surface area (Å²) in [7, 11) is 0. The van der Waals surface area contributed by atoms with Crippen LogP contribution in [0.3, 0.4) is 0 Å². The number of aromatic nitrogens is 1. The van der Waals surface area contributed by atoms with E-state index in [-0.39, 0.29) is 12.8 Å². The lowest BCUT2D eigenvalue weighted by molar-refractivity contribution is -0.143. The molecule has 0 fully saturated rings. The molecule has 202 valence electrons. The fourth-order valence-electron chi connectivity index (χ4n) is 3.52. The van der Waals surface area contributed by atoms with Crippen LogP contribution < -0.4 is 21.7 Å². The van der Waals surface area contributed by atoms with Crippen LogP contribution in [0, 0.1) is 0 Å². The molecule has 14 heteroatoms. The number of para-hydroxylation sites is 1. The van der Waals surface area contributed by atoms with Crippen LogP contribution in [0.5, 0.6) is 0 Å². The molecule has 1 heterocycles. The van der Waals surface area contributed by atoms with Crippen molar-refractivity contribution in [2.24, 2.45) is 5.73 Å². The summed E-state index contributed by atoms with van der Waals surface area (Å²) in [5, 5.41) is 35.4. The predicted molar refractivity (Wildman–Crippen MR) is 136 cm³/mol. The van der Waals surface area contributed by atoms with Gasteiger partial charge >= 0.3 is 11.9 Å². The number of aromatic amines is 1. The van der Waals surface area contributed by atoms with Gasteiger partial charge in [-0.15, -0.1) is 0 Å². The third-order valence-electron chi connectivity index (χ3n) is 5.50. The van der Waals surface area contributed by atoms with Gasteiger partial charge in [0.15, 0.2) is 0 Å². The number of thioether (sulfide) groups is 1. The first-order valence-electron chi connectivity index (χ1n) is 11.3. The van der Waals surface area contributed by atoms with Crippen LogP contribution in [-0.2, 0) is 30.4 Å². The molecule has 9 N–H and O–H groups in total. The Hall–Kier alpha value is -3.62. The molecular weight excluding hydrogens is 506 g/mol. The van der Waals surface area contributed by atoms with Gasteiger partial charge in [-0.2, -0.15) is 11.8 Å². The SMILES string of the molecule is CSCCC(NC(=O)C(N)CC(=O)O)C(=O)NC(Cc1c[nH]c2ccccc12)C(=O)NC(CO)C(=O)O. The number of aliphatic hydroxyl groups is 1. The van der Waals surface area contributed by atoms with Crippen LogP contribution in [0.15, 0.2) is 30.5 Å². The van der Waals surface area contributed by atoms with Crippen molar-refractivity contribution >= 4 is 52.3 Å². The zero-order valence-corrected chi connectivity index (χ0v) is 20.9. The van der Waals surface area contributed by atoms with E-state index in [0.29, 0.717) is 11.3 Å². The first-order chi connectivity index (χ1) is 17.6. The van der Waals surface area contributed by atoms with Crippen molar-refractivity contribution in [3.8, 4) is 0 Å². The minimum atomic E-state index is -1.59. The monoisotopic (exact) mass is 537 g/mol. The van der Waals surface area contributed by atoms with Gasteiger partial charge in [0, 0.05) is 23.5 Å². The highest BCUT2D eigenvalue weighted by molar-refractivity contribution is 7.98. The number of carboxylic acids is 2. The molecule has 4 atom stereocenters. The van der Waals surface area contributed by atoms with E-state index in [1.165, 1.54) is 11.8 Å². The molecule has 0 saturated carbocycles. The topological polar surface area (TPSA) is 224 Å². The van der Waals surface area contributed by atoms with Crippen molar-refractivity contribution in [3.05, 3.63) is 36.0 Å². The number of aliphatic carboxylic acids is 2. The highest BCUT2D eigenvalue weighted by atomic mass is 32.2. The summed E-state index contributed by atoms with van der Waals surface area (Å²) in [4.78, 5) is 63.8. The van der Waals surface area contributed by atoms with Gasteiger partial charge < -0.3 is 42.0 Å². The minimum absolute atomic E-state index is 0.0267. The van der Waals surface area contributed by atoms with Crippen LogP contribution in [0.25, 0.3) is 10.9 Å². The summed E-state index contributed by atoms with van der Waals surface area (Å²) in [5.74, 6) is -4.70. The Morgan fingerprint density at radius 3 is 2.22 bits per heavy atom. The van der Waals surface area contributed by atoms with Crippen LogP contribution in [0.4, 0.5) is 0 Å². The van der Waals surface area contributed by atoms with Crippen LogP contribution >= 0.6 is 11.8 Å². The maximum atomic E-state index is 13.2. The average molecular weight is 538 g/mol. The third kappa shape index (κ3) is 8.77. The van der Waals surface area contributed by atoms with Gasteiger partial charge in [0.05, 0.1) is 19.1 Å². The lowest BCUT2D eigenvalue weighted by Crippen LogP contribution is -2.58. The Morgan fingerprint density at radius 2 is 1.59 bits per heavy atom. The van der Waals surface area contributed by atoms with E-state index < -0.39 is 66.9 Å². The molecule has 3 amide bonds. The molecule has 4 unspecified atom stereocenters. The normalized spacial score (nSPS) is 14.2. The second-order valence-corrected chi connectivity index (χ2v) is 9.24. The molecule has 0 saturated heterocycles. The van der Waals surface area contributed by atoms with Gasteiger partial charge in [-0.05, 0) is 30.1 Å². The van der Waals surface area contributed by atoms with E-state index in [4.69, 9.17) is 10.8 Å². The average Bonchev–Trinajstić information content (AvgIpc) is 3.26. The quantitative estimate of drug-likeness (QED) is 0.135. The summed E-state index contributed by atoms with van der Waals surface area (Å²) < 4.78 is 0. The van der Waals surface area contributed by atoms with E-state index in [9.17, 15) is 34.2 Å².